The van der Waals surface area contributed by atoms with Crippen LogP contribution in [0.15, 0.2) is 18.2 Å². The maximum absolute atomic E-state index is 12.4. The predicted molar refractivity (Wildman–Crippen MR) is 77.8 cm³/mol. The third kappa shape index (κ3) is 2.76. The van der Waals surface area contributed by atoms with E-state index in [1.807, 2.05) is 0 Å². The Labute approximate surface area is 123 Å². The van der Waals surface area contributed by atoms with Crippen LogP contribution in [0, 0.1) is 17.3 Å². The molecule has 0 radical (unpaired) electrons. The number of methoxy groups -OCH3 is 1. The fourth-order valence-corrected chi connectivity index (χ4v) is 2.28. The summed E-state index contributed by atoms with van der Waals surface area (Å²) in [6.45, 7) is 3.24. The molecule has 1 aliphatic rings. The number of nitrogens with zero attached hydrogens (tertiary/aromatic N) is 1. The summed E-state index contributed by atoms with van der Waals surface area (Å²) in [4.78, 5) is 25.7. The number of hydrogen-bond donors (Lipinski definition) is 1. The highest BCUT2D eigenvalue weighted by Gasteiger charge is 2.46. The van der Waals surface area contributed by atoms with Crippen LogP contribution < -0.4 is 9.64 Å². The van der Waals surface area contributed by atoms with E-state index < -0.39 is 5.41 Å². The van der Waals surface area contributed by atoms with Crippen molar-refractivity contribution >= 4 is 17.5 Å². The number of imide groups is 1. The van der Waals surface area contributed by atoms with Crippen molar-refractivity contribution < 1.29 is 19.4 Å². The van der Waals surface area contributed by atoms with Gasteiger partial charge in [-0.1, -0.05) is 25.7 Å². The highest BCUT2D eigenvalue weighted by Crippen LogP contribution is 2.39. The monoisotopic (exact) mass is 287 g/mol. The molecule has 110 valence electrons. The summed E-state index contributed by atoms with van der Waals surface area (Å²) in [5.41, 5.74) is 0.280. The number of carbonyl (C=O) groups excluding carboxylic acids is 2. The van der Waals surface area contributed by atoms with Crippen LogP contribution >= 0.6 is 0 Å². The van der Waals surface area contributed by atoms with E-state index in [2.05, 4.69) is 11.8 Å². The molecule has 1 aliphatic heterocycles. The number of anilines is 1. The van der Waals surface area contributed by atoms with Crippen LogP contribution in [0.25, 0.3) is 0 Å². The van der Waals surface area contributed by atoms with Gasteiger partial charge >= 0.3 is 0 Å². The number of aliphatic hydroxyl groups excluding tert-OH is 1. The van der Waals surface area contributed by atoms with Gasteiger partial charge < -0.3 is 9.84 Å². The minimum absolute atomic E-state index is 0.168. The SMILES string of the molecule is COc1ccc(C#CCO)cc1N1C(=O)CC(C)(C)C1=O. The lowest BCUT2D eigenvalue weighted by molar-refractivity contribution is -0.124. The highest BCUT2D eigenvalue weighted by molar-refractivity contribution is 6.23. The maximum Gasteiger partial charge on any atom is 0.240 e. The van der Waals surface area contributed by atoms with Crippen LogP contribution in [0.1, 0.15) is 25.8 Å². The Morgan fingerprint density at radius 1 is 1.38 bits per heavy atom. The fraction of sp³-hybridized carbons (Fsp3) is 0.375. The maximum atomic E-state index is 12.4. The number of amides is 2. The van der Waals surface area contributed by atoms with Crippen molar-refractivity contribution in [2.75, 3.05) is 18.6 Å². The van der Waals surface area contributed by atoms with Crippen LogP contribution in [0.2, 0.25) is 0 Å². The Hall–Kier alpha value is -2.32. The summed E-state index contributed by atoms with van der Waals surface area (Å²) in [6.07, 6.45) is 0.168. The lowest BCUT2D eigenvalue weighted by atomic mass is 9.92. The number of carbonyl (C=O) groups is 2. The summed E-state index contributed by atoms with van der Waals surface area (Å²) in [6, 6.07) is 4.99. The summed E-state index contributed by atoms with van der Waals surface area (Å²) >= 11 is 0. The molecule has 0 unspecified atom stereocenters. The van der Waals surface area contributed by atoms with Gasteiger partial charge in [-0.15, -0.1) is 0 Å². The molecule has 1 N–H and O–H groups in total. The summed E-state index contributed by atoms with van der Waals surface area (Å²) in [7, 11) is 1.48. The van der Waals surface area contributed by atoms with Crippen molar-refractivity contribution in [1.82, 2.24) is 0 Å². The number of rotatable bonds is 2. The molecule has 1 aromatic rings. The van der Waals surface area contributed by atoms with Crippen molar-refractivity contribution in [2.24, 2.45) is 5.41 Å². The van der Waals surface area contributed by atoms with Crippen LogP contribution in [0.3, 0.4) is 0 Å². The second-order valence-corrected chi connectivity index (χ2v) is 5.44. The minimum atomic E-state index is -0.713. The topological polar surface area (TPSA) is 66.8 Å². The smallest absolute Gasteiger partial charge is 0.240 e. The van der Waals surface area contributed by atoms with E-state index in [4.69, 9.17) is 9.84 Å². The Morgan fingerprint density at radius 2 is 2.10 bits per heavy atom. The number of ether oxygens (including phenoxy) is 1. The average molecular weight is 287 g/mol. The molecule has 0 aromatic heterocycles. The van der Waals surface area contributed by atoms with Crippen molar-refractivity contribution in [2.45, 2.75) is 20.3 Å². The molecule has 0 atom stereocenters. The quantitative estimate of drug-likeness (QED) is 0.658. The van der Waals surface area contributed by atoms with Crippen molar-refractivity contribution in [1.29, 1.82) is 0 Å². The van der Waals surface area contributed by atoms with E-state index in [-0.39, 0.29) is 24.8 Å². The molecule has 1 fully saturated rings. The lowest BCUT2D eigenvalue weighted by Crippen LogP contribution is -2.33. The zero-order chi connectivity index (χ0) is 15.6. The van der Waals surface area contributed by atoms with Gasteiger partial charge in [-0.3, -0.25) is 9.59 Å². The summed E-state index contributed by atoms with van der Waals surface area (Å²) < 4.78 is 5.24. The van der Waals surface area contributed by atoms with Gasteiger partial charge in [0.2, 0.25) is 11.8 Å². The van der Waals surface area contributed by atoms with E-state index in [1.165, 1.54) is 7.11 Å². The van der Waals surface area contributed by atoms with E-state index >= 15 is 0 Å². The van der Waals surface area contributed by atoms with Crippen molar-refractivity contribution in [3.63, 3.8) is 0 Å². The Bertz CT molecular complexity index is 652. The molecule has 1 heterocycles. The standard InChI is InChI=1S/C16H17NO4/c1-16(2)10-14(19)17(15(16)20)12-9-11(5-4-8-18)6-7-13(12)21-3/h6-7,9,18H,8,10H2,1-3H3. The fourth-order valence-electron chi connectivity index (χ4n) is 2.28. The van der Waals surface area contributed by atoms with Gasteiger partial charge in [-0.2, -0.15) is 0 Å². The molecule has 0 aliphatic carbocycles. The Kier molecular flexibility index (Phi) is 4.01. The van der Waals surface area contributed by atoms with Crippen LogP contribution in [0.4, 0.5) is 5.69 Å². The molecule has 1 saturated heterocycles. The molecule has 2 rings (SSSR count). The van der Waals surface area contributed by atoms with Crippen molar-refractivity contribution in [3.05, 3.63) is 23.8 Å². The van der Waals surface area contributed by atoms with E-state index in [0.717, 1.165) is 4.90 Å². The van der Waals surface area contributed by atoms with Gasteiger partial charge in [0, 0.05) is 12.0 Å². The second-order valence-electron chi connectivity index (χ2n) is 5.44. The number of benzene rings is 1. The van der Waals surface area contributed by atoms with Crippen LogP contribution in [0.5, 0.6) is 5.75 Å². The molecular weight excluding hydrogens is 270 g/mol. The zero-order valence-electron chi connectivity index (χ0n) is 12.3. The molecule has 5 heteroatoms. The molecule has 1 aromatic carbocycles. The average Bonchev–Trinajstić information content (AvgIpc) is 2.64. The first-order valence-electron chi connectivity index (χ1n) is 6.56. The number of aliphatic hydroxyl groups is 1. The molecule has 0 spiro atoms. The van der Waals surface area contributed by atoms with Crippen molar-refractivity contribution in [3.8, 4) is 17.6 Å². The largest absolute Gasteiger partial charge is 0.495 e. The predicted octanol–water partition coefficient (Wildman–Crippen LogP) is 1.33. The van der Waals surface area contributed by atoms with Gasteiger partial charge in [0.1, 0.15) is 12.4 Å². The van der Waals surface area contributed by atoms with Gasteiger partial charge in [0.15, 0.2) is 0 Å². The summed E-state index contributed by atoms with van der Waals surface area (Å²) in [5.74, 6) is 5.22. The molecule has 0 bridgehead atoms. The minimum Gasteiger partial charge on any atom is -0.495 e. The van der Waals surface area contributed by atoms with Gasteiger partial charge in [0.05, 0.1) is 18.2 Å². The molecule has 2 amide bonds. The normalized spacial score (nSPS) is 16.7. The molecule has 5 nitrogen and oxygen atoms in total. The van der Waals surface area contributed by atoms with E-state index in [9.17, 15) is 9.59 Å². The highest BCUT2D eigenvalue weighted by atomic mass is 16.5. The Balaban J connectivity index is 2.51. The first-order valence-corrected chi connectivity index (χ1v) is 6.56. The second kappa shape index (κ2) is 5.58. The number of hydrogen-bond acceptors (Lipinski definition) is 4. The van der Waals surface area contributed by atoms with Crippen LogP contribution in [-0.4, -0.2) is 30.6 Å². The summed E-state index contributed by atoms with van der Waals surface area (Å²) in [5, 5.41) is 8.74. The van der Waals surface area contributed by atoms with Crippen LogP contribution in [-0.2, 0) is 9.59 Å². The molecule has 21 heavy (non-hydrogen) atoms. The molecular formula is C16H17NO4. The first kappa shape index (κ1) is 15.1. The van der Waals surface area contributed by atoms with E-state index in [1.54, 1.807) is 32.0 Å². The zero-order valence-corrected chi connectivity index (χ0v) is 12.3. The van der Waals surface area contributed by atoms with Gasteiger partial charge in [-0.25, -0.2) is 4.90 Å². The molecule has 0 saturated carbocycles. The van der Waals surface area contributed by atoms with Gasteiger partial charge in [0.25, 0.3) is 0 Å². The first-order chi connectivity index (χ1) is 9.90. The third-order valence-electron chi connectivity index (χ3n) is 3.36. The van der Waals surface area contributed by atoms with Gasteiger partial charge in [-0.05, 0) is 18.2 Å². The lowest BCUT2D eigenvalue weighted by Gasteiger charge is -2.20. The third-order valence-corrected chi connectivity index (χ3v) is 3.36. The van der Waals surface area contributed by atoms with E-state index in [0.29, 0.717) is 17.0 Å². The Morgan fingerprint density at radius 3 is 2.62 bits per heavy atom.